The fourth-order valence-corrected chi connectivity index (χ4v) is 2.88. The molecule has 0 unspecified atom stereocenters. The first-order valence-electron chi connectivity index (χ1n) is 7.02. The molecule has 0 aliphatic heterocycles. The van der Waals surface area contributed by atoms with Crippen molar-refractivity contribution in [2.75, 3.05) is 0 Å². The van der Waals surface area contributed by atoms with Crippen molar-refractivity contribution in [1.29, 1.82) is 0 Å². The maximum absolute atomic E-state index is 11.9. The highest BCUT2D eigenvalue weighted by Gasteiger charge is 2.09. The summed E-state index contributed by atoms with van der Waals surface area (Å²) in [4.78, 5) is 15.9. The minimum Gasteiger partial charge on any atom is -0.455 e. The normalized spacial score (nSPS) is 11.0. The lowest BCUT2D eigenvalue weighted by atomic mass is 10.2. The van der Waals surface area contributed by atoms with Gasteiger partial charge in [-0.25, -0.2) is 5.43 Å². The second-order valence-electron chi connectivity index (χ2n) is 4.92. The van der Waals surface area contributed by atoms with Gasteiger partial charge in [0.15, 0.2) is 0 Å². The van der Waals surface area contributed by atoms with Crippen molar-refractivity contribution in [3.8, 4) is 11.3 Å². The number of amides is 1. The number of halogens is 3. The molecule has 5 nitrogen and oxygen atoms in total. The quantitative estimate of drug-likeness (QED) is 0.451. The minimum absolute atomic E-state index is 0.377. The van der Waals surface area contributed by atoms with Crippen molar-refractivity contribution < 1.29 is 9.21 Å². The lowest BCUT2D eigenvalue weighted by molar-refractivity contribution is 0.0954. The molecule has 126 valence electrons. The molecular formula is C17H10BrCl2N3O2. The standard InChI is InChI=1S/C17H10BrCl2N3O2/c18-11-5-10(7-21-8-11)17(24)23-22-9-13-2-4-16(25-13)14-3-1-12(19)6-15(14)20/h1-9H,(H,23,24)/b22-9+. The maximum Gasteiger partial charge on any atom is 0.272 e. The molecule has 0 fully saturated rings. The van der Waals surface area contributed by atoms with Crippen LogP contribution in [0.5, 0.6) is 0 Å². The van der Waals surface area contributed by atoms with Crippen LogP contribution in [0.4, 0.5) is 0 Å². The molecule has 0 saturated carbocycles. The number of hydrazone groups is 1. The number of carbonyl (C=O) groups excluding carboxylic acids is 1. The number of nitrogens with zero attached hydrogens (tertiary/aromatic N) is 2. The molecule has 3 rings (SSSR count). The molecule has 0 spiro atoms. The fourth-order valence-electron chi connectivity index (χ4n) is 2.01. The number of rotatable bonds is 4. The Labute approximate surface area is 161 Å². The van der Waals surface area contributed by atoms with Gasteiger partial charge < -0.3 is 4.42 Å². The summed E-state index contributed by atoms with van der Waals surface area (Å²) in [5.74, 6) is 0.664. The summed E-state index contributed by atoms with van der Waals surface area (Å²) in [6.45, 7) is 0. The average molecular weight is 439 g/mol. The van der Waals surface area contributed by atoms with E-state index in [9.17, 15) is 4.79 Å². The van der Waals surface area contributed by atoms with Crippen LogP contribution in [0, 0.1) is 0 Å². The van der Waals surface area contributed by atoms with E-state index in [0.717, 1.165) is 5.56 Å². The summed E-state index contributed by atoms with van der Waals surface area (Å²) in [5, 5.41) is 4.91. The first-order valence-corrected chi connectivity index (χ1v) is 8.57. The third-order valence-electron chi connectivity index (χ3n) is 3.15. The van der Waals surface area contributed by atoms with Crippen molar-refractivity contribution in [3.05, 3.63) is 74.6 Å². The van der Waals surface area contributed by atoms with Crippen LogP contribution >= 0.6 is 39.1 Å². The van der Waals surface area contributed by atoms with Crippen molar-refractivity contribution in [2.45, 2.75) is 0 Å². The van der Waals surface area contributed by atoms with Gasteiger partial charge in [0.2, 0.25) is 0 Å². The predicted molar refractivity (Wildman–Crippen MR) is 101 cm³/mol. The van der Waals surface area contributed by atoms with Gasteiger partial charge in [0.1, 0.15) is 11.5 Å². The Balaban J connectivity index is 1.69. The van der Waals surface area contributed by atoms with E-state index in [1.54, 1.807) is 42.6 Å². The van der Waals surface area contributed by atoms with E-state index in [-0.39, 0.29) is 5.91 Å². The monoisotopic (exact) mass is 437 g/mol. The summed E-state index contributed by atoms with van der Waals surface area (Å²) in [7, 11) is 0. The Kier molecular flexibility index (Phi) is 5.53. The lowest BCUT2D eigenvalue weighted by Crippen LogP contribution is -2.17. The zero-order valence-corrected chi connectivity index (χ0v) is 15.6. The fraction of sp³-hybridized carbons (Fsp3) is 0. The Morgan fingerprint density at radius 3 is 2.80 bits per heavy atom. The average Bonchev–Trinajstić information content (AvgIpc) is 3.03. The number of nitrogens with one attached hydrogen (secondary N) is 1. The van der Waals surface area contributed by atoms with Crippen LogP contribution in [0.2, 0.25) is 10.0 Å². The number of hydrogen-bond acceptors (Lipinski definition) is 4. The third kappa shape index (κ3) is 4.48. The van der Waals surface area contributed by atoms with E-state index in [2.05, 4.69) is 31.4 Å². The van der Waals surface area contributed by atoms with Gasteiger partial charge in [-0.15, -0.1) is 0 Å². The summed E-state index contributed by atoms with van der Waals surface area (Å²) in [6.07, 6.45) is 4.44. The largest absolute Gasteiger partial charge is 0.455 e. The van der Waals surface area contributed by atoms with Gasteiger partial charge in [0.25, 0.3) is 5.91 Å². The van der Waals surface area contributed by atoms with Crippen molar-refractivity contribution in [2.24, 2.45) is 5.10 Å². The van der Waals surface area contributed by atoms with Crippen LogP contribution in [0.15, 0.2) is 62.8 Å². The van der Waals surface area contributed by atoms with E-state index in [4.69, 9.17) is 27.6 Å². The van der Waals surface area contributed by atoms with Gasteiger partial charge in [0, 0.05) is 27.5 Å². The van der Waals surface area contributed by atoms with Gasteiger partial charge in [0.05, 0.1) is 16.8 Å². The minimum atomic E-state index is -0.377. The van der Waals surface area contributed by atoms with Gasteiger partial charge in [-0.2, -0.15) is 5.10 Å². The van der Waals surface area contributed by atoms with Crippen molar-refractivity contribution in [1.82, 2.24) is 10.4 Å². The Morgan fingerprint density at radius 2 is 2.04 bits per heavy atom. The molecule has 2 aromatic heterocycles. The van der Waals surface area contributed by atoms with Gasteiger partial charge in [-0.1, -0.05) is 23.2 Å². The second-order valence-corrected chi connectivity index (χ2v) is 6.68. The summed E-state index contributed by atoms with van der Waals surface area (Å²) in [6, 6.07) is 10.3. The predicted octanol–water partition coefficient (Wildman–Crippen LogP) is 5.17. The molecule has 1 N–H and O–H groups in total. The van der Waals surface area contributed by atoms with Crippen LogP contribution in [0.1, 0.15) is 16.1 Å². The number of carbonyl (C=O) groups is 1. The van der Waals surface area contributed by atoms with E-state index in [1.165, 1.54) is 12.4 Å². The first-order chi connectivity index (χ1) is 12.0. The Bertz CT molecular complexity index is 957. The number of pyridine rings is 1. The molecule has 25 heavy (non-hydrogen) atoms. The van der Waals surface area contributed by atoms with Crippen molar-refractivity contribution in [3.63, 3.8) is 0 Å². The molecule has 0 radical (unpaired) electrons. The summed E-state index contributed by atoms with van der Waals surface area (Å²) < 4.78 is 6.36. The molecule has 1 amide bonds. The number of aromatic nitrogens is 1. The number of benzene rings is 1. The molecule has 3 aromatic rings. The molecule has 8 heteroatoms. The zero-order valence-electron chi connectivity index (χ0n) is 12.5. The first kappa shape index (κ1) is 17.7. The molecule has 0 aliphatic carbocycles. The van der Waals surface area contributed by atoms with Crippen LogP contribution in [-0.4, -0.2) is 17.1 Å². The molecule has 1 aromatic carbocycles. The molecule has 0 bridgehead atoms. The van der Waals surface area contributed by atoms with Crippen LogP contribution in [-0.2, 0) is 0 Å². The van der Waals surface area contributed by atoms with Gasteiger partial charge in [-0.05, 0) is 52.3 Å². The van der Waals surface area contributed by atoms with Crippen LogP contribution in [0.25, 0.3) is 11.3 Å². The van der Waals surface area contributed by atoms with Crippen molar-refractivity contribution >= 4 is 51.3 Å². The molecular weight excluding hydrogens is 429 g/mol. The van der Waals surface area contributed by atoms with Crippen LogP contribution < -0.4 is 5.43 Å². The SMILES string of the molecule is O=C(N/N=C/c1ccc(-c2ccc(Cl)cc2Cl)o1)c1cncc(Br)c1. The number of hydrogen-bond donors (Lipinski definition) is 1. The van der Waals surface area contributed by atoms with E-state index in [0.29, 0.717) is 31.6 Å². The summed E-state index contributed by atoms with van der Waals surface area (Å²) >= 11 is 15.3. The molecule has 0 aliphatic rings. The van der Waals surface area contributed by atoms with Gasteiger partial charge in [-0.3, -0.25) is 9.78 Å². The molecule has 0 atom stereocenters. The highest BCUT2D eigenvalue weighted by molar-refractivity contribution is 9.10. The van der Waals surface area contributed by atoms with Crippen LogP contribution in [0.3, 0.4) is 0 Å². The molecule has 2 heterocycles. The molecule has 0 saturated heterocycles. The van der Waals surface area contributed by atoms with E-state index >= 15 is 0 Å². The second kappa shape index (κ2) is 7.82. The van der Waals surface area contributed by atoms with E-state index < -0.39 is 0 Å². The third-order valence-corrected chi connectivity index (χ3v) is 4.13. The van der Waals surface area contributed by atoms with Gasteiger partial charge >= 0.3 is 0 Å². The lowest BCUT2D eigenvalue weighted by Gasteiger charge is -2.01. The maximum atomic E-state index is 11.9. The highest BCUT2D eigenvalue weighted by atomic mass is 79.9. The number of furan rings is 1. The topological polar surface area (TPSA) is 67.5 Å². The highest BCUT2D eigenvalue weighted by Crippen LogP contribution is 2.31. The van der Waals surface area contributed by atoms with E-state index in [1.807, 2.05) is 0 Å². The Morgan fingerprint density at radius 1 is 1.20 bits per heavy atom. The zero-order chi connectivity index (χ0) is 17.8. The Hall–Kier alpha value is -2.15. The summed E-state index contributed by atoms with van der Waals surface area (Å²) in [5.41, 5.74) is 3.51. The smallest absolute Gasteiger partial charge is 0.272 e.